The first-order valence-corrected chi connectivity index (χ1v) is 10.8. The van der Waals surface area contributed by atoms with E-state index in [0.717, 1.165) is 16.8 Å². The number of carbonyl (C=O) groups excluding carboxylic acids is 3. The van der Waals surface area contributed by atoms with E-state index in [-0.39, 0.29) is 25.0 Å². The van der Waals surface area contributed by atoms with Crippen molar-refractivity contribution in [1.82, 2.24) is 9.80 Å². The first-order chi connectivity index (χ1) is 15.4. The van der Waals surface area contributed by atoms with Crippen LogP contribution in [0, 0.1) is 13.8 Å². The second-order valence-electron chi connectivity index (χ2n) is 7.79. The number of benzene rings is 2. The third-order valence-corrected chi connectivity index (χ3v) is 5.54. The van der Waals surface area contributed by atoms with Crippen molar-refractivity contribution in [2.75, 3.05) is 50.0 Å². The molecule has 0 spiro atoms. The van der Waals surface area contributed by atoms with Gasteiger partial charge in [-0.25, -0.2) is 4.79 Å². The molecule has 1 saturated heterocycles. The highest BCUT2D eigenvalue weighted by Gasteiger charge is 2.23. The first kappa shape index (κ1) is 23.3. The van der Waals surface area contributed by atoms with Crippen LogP contribution in [0.1, 0.15) is 28.4 Å². The summed E-state index contributed by atoms with van der Waals surface area (Å²) >= 11 is 0. The van der Waals surface area contributed by atoms with Gasteiger partial charge in [-0.2, -0.15) is 0 Å². The maximum Gasteiger partial charge on any atom is 0.411 e. The number of amides is 3. The predicted molar refractivity (Wildman–Crippen MR) is 124 cm³/mol. The summed E-state index contributed by atoms with van der Waals surface area (Å²) in [7, 11) is 0. The number of nitrogens with zero attached hydrogens (tertiary/aromatic N) is 2. The van der Waals surface area contributed by atoms with Crippen molar-refractivity contribution in [3.8, 4) is 0 Å². The summed E-state index contributed by atoms with van der Waals surface area (Å²) in [6.07, 6.45) is -0.551. The van der Waals surface area contributed by atoms with Gasteiger partial charge in [0.25, 0.3) is 5.91 Å². The van der Waals surface area contributed by atoms with Crippen molar-refractivity contribution in [3.63, 3.8) is 0 Å². The fourth-order valence-electron chi connectivity index (χ4n) is 3.59. The molecule has 0 saturated carbocycles. The van der Waals surface area contributed by atoms with Crippen LogP contribution in [-0.4, -0.2) is 67.0 Å². The fourth-order valence-corrected chi connectivity index (χ4v) is 3.59. The molecule has 2 aromatic carbocycles. The van der Waals surface area contributed by atoms with Crippen LogP contribution in [0.25, 0.3) is 0 Å². The van der Waals surface area contributed by atoms with Gasteiger partial charge in [0.05, 0.1) is 13.2 Å². The van der Waals surface area contributed by atoms with Gasteiger partial charge >= 0.3 is 6.09 Å². The van der Waals surface area contributed by atoms with Crippen LogP contribution < -0.4 is 10.6 Å². The Labute approximate surface area is 188 Å². The standard InChI is InChI=1S/C24H30N4O4/c1-4-32-24(31)25-20-9-6-8-19(15-20)23(30)28-13-11-27(12-14-28)16-22(29)26-21-10-5-7-17(2)18(21)3/h5-10,15H,4,11-14,16H2,1-3H3,(H,25,31)(H,26,29). The van der Waals surface area contributed by atoms with Crippen molar-refractivity contribution < 1.29 is 19.1 Å². The second kappa shape index (κ2) is 10.8. The lowest BCUT2D eigenvalue weighted by Gasteiger charge is -2.34. The minimum absolute atomic E-state index is 0.0591. The minimum atomic E-state index is -0.551. The molecule has 0 unspecified atom stereocenters. The van der Waals surface area contributed by atoms with Gasteiger partial charge in [0.1, 0.15) is 0 Å². The Hall–Kier alpha value is -3.39. The van der Waals surface area contributed by atoms with Crippen molar-refractivity contribution >= 4 is 29.3 Å². The quantitative estimate of drug-likeness (QED) is 0.722. The van der Waals surface area contributed by atoms with Crippen LogP contribution in [0.4, 0.5) is 16.2 Å². The van der Waals surface area contributed by atoms with E-state index in [1.807, 2.05) is 36.9 Å². The van der Waals surface area contributed by atoms with Crippen LogP contribution in [0.2, 0.25) is 0 Å². The maximum absolute atomic E-state index is 12.9. The summed E-state index contributed by atoms with van der Waals surface area (Å²) in [5, 5.41) is 5.60. The zero-order chi connectivity index (χ0) is 23.1. The summed E-state index contributed by atoms with van der Waals surface area (Å²) < 4.78 is 4.87. The highest BCUT2D eigenvalue weighted by atomic mass is 16.5. The Morgan fingerprint density at radius 3 is 2.41 bits per heavy atom. The number of hydrogen-bond donors (Lipinski definition) is 2. The summed E-state index contributed by atoms with van der Waals surface area (Å²) in [5.41, 5.74) is 4.05. The Bertz CT molecular complexity index is 984. The van der Waals surface area contributed by atoms with E-state index in [4.69, 9.17) is 4.74 Å². The van der Waals surface area contributed by atoms with Gasteiger partial charge in [-0.15, -0.1) is 0 Å². The molecule has 1 aliphatic heterocycles. The number of carbonyl (C=O) groups is 3. The van der Waals surface area contributed by atoms with Crippen LogP contribution in [-0.2, 0) is 9.53 Å². The lowest BCUT2D eigenvalue weighted by molar-refractivity contribution is -0.117. The molecule has 2 N–H and O–H groups in total. The number of anilines is 2. The summed E-state index contributed by atoms with van der Waals surface area (Å²) in [5.74, 6) is -0.159. The molecule has 1 aliphatic rings. The largest absolute Gasteiger partial charge is 0.450 e. The average Bonchev–Trinajstić information content (AvgIpc) is 2.77. The van der Waals surface area contributed by atoms with E-state index >= 15 is 0 Å². The molecule has 0 aromatic heterocycles. The van der Waals surface area contributed by atoms with E-state index in [0.29, 0.717) is 37.4 Å². The molecule has 0 bridgehead atoms. The Morgan fingerprint density at radius 2 is 1.69 bits per heavy atom. The topological polar surface area (TPSA) is 91.0 Å². The molecule has 8 nitrogen and oxygen atoms in total. The Morgan fingerprint density at radius 1 is 0.969 bits per heavy atom. The summed E-state index contributed by atoms with van der Waals surface area (Å²) in [6.45, 7) is 8.60. The number of hydrogen-bond acceptors (Lipinski definition) is 5. The van der Waals surface area contributed by atoms with E-state index in [1.54, 1.807) is 36.1 Å². The molecule has 1 fully saturated rings. The predicted octanol–water partition coefficient (Wildman–Crippen LogP) is 3.27. The van der Waals surface area contributed by atoms with Gasteiger partial charge in [-0.3, -0.25) is 19.8 Å². The lowest BCUT2D eigenvalue weighted by Crippen LogP contribution is -2.50. The number of aryl methyl sites for hydroxylation is 1. The van der Waals surface area contributed by atoms with E-state index in [9.17, 15) is 14.4 Å². The average molecular weight is 439 g/mol. The Balaban J connectivity index is 1.51. The van der Waals surface area contributed by atoms with Crippen LogP contribution in [0.5, 0.6) is 0 Å². The second-order valence-corrected chi connectivity index (χ2v) is 7.79. The van der Waals surface area contributed by atoms with Crippen molar-refractivity contribution in [1.29, 1.82) is 0 Å². The highest BCUT2D eigenvalue weighted by Crippen LogP contribution is 2.18. The zero-order valence-corrected chi connectivity index (χ0v) is 18.8. The van der Waals surface area contributed by atoms with E-state index in [1.165, 1.54) is 0 Å². The molecule has 8 heteroatoms. The lowest BCUT2D eigenvalue weighted by atomic mass is 10.1. The molecule has 32 heavy (non-hydrogen) atoms. The monoisotopic (exact) mass is 438 g/mol. The van der Waals surface area contributed by atoms with Gasteiger partial charge in [0.2, 0.25) is 5.91 Å². The normalized spacial score (nSPS) is 14.0. The van der Waals surface area contributed by atoms with Crippen molar-refractivity contribution in [2.24, 2.45) is 0 Å². The molecule has 0 radical (unpaired) electrons. The van der Waals surface area contributed by atoms with Gasteiger partial charge < -0.3 is 15.0 Å². The number of nitrogens with one attached hydrogen (secondary N) is 2. The van der Waals surface area contributed by atoms with Gasteiger partial charge in [0.15, 0.2) is 0 Å². The van der Waals surface area contributed by atoms with Crippen LogP contribution >= 0.6 is 0 Å². The number of ether oxygens (including phenoxy) is 1. The van der Waals surface area contributed by atoms with Gasteiger partial charge in [-0.1, -0.05) is 18.2 Å². The molecular weight excluding hydrogens is 408 g/mol. The first-order valence-electron chi connectivity index (χ1n) is 10.8. The molecule has 3 amide bonds. The summed E-state index contributed by atoms with van der Waals surface area (Å²) in [6, 6.07) is 12.7. The minimum Gasteiger partial charge on any atom is -0.450 e. The maximum atomic E-state index is 12.9. The zero-order valence-electron chi connectivity index (χ0n) is 18.8. The number of rotatable bonds is 6. The van der Waals surface area contributed by atoms with E-state index < -0.39 is 6.09 Å². The molecule has 2 aromatic rings. The third kappa shape index (κ3) is 6.07. The number of piperazine rings is 1. The summed E-state index contributed by atoms with van der Waals surface area (Å²) in [4.78, 5) is 40.8. The molecule has 170 valence electrons. The van der Waals surface area contributed by atoms with Crippen molar-refractivity contribution in [2.45, 2.75) is 20.8 Å². The third-order valence-electron chi connectivity index (χ3n) is 5.54. The van der Waals surface area contributed by atoms with Crippen molar-refractivity contribution in [3.05, 3.63) is 59.2 Å². The SMILES string of the molecule is CCOC(=O)Nc1cccc(C(=O)N2CCN(CC(=O)Nc3cccc(C)c3C)CC2)c1. The van der Waals surface area contributed by atoms with Crippen LogP contribution in [0.15, 0.2) is 42.5 Å². The molecule has 0 aliphatic carbocycles. The molecule has 0 atom stereocenters. The van der Waals surface area contributed by atoms with Crippen LogP contribution in [0.3, 0.4) is 0 Å². The molecule has 3 rings (SSSR count). The molecule has 1 heterocycles. The van der Waals surface area contributed by atoms with Gasteiger partial charge in [0, 0.05) is 43.1 Å². The van der Waals surface area contributed by atoms with Gasteiger partial charge in [-0.05, 0) is 56.2 Å². The van der Waals surface area contributed by atoms with E-state index in [2.05, 4.69) is 10.6 Å². The fraction of sp³-hybridized carbons (Fsp3) is 0.375. The highest BCUT2D eigenvalue weighted by molar-refractivity contribution is 5.96. The smallest absolute Gasteiger partial charge is 0.411 e. The molecular formula is C24H30N4O4. The Kier molecular flexibility index (Phi) is 7.83.